The molecule has 0 amide bonds. The van der Waals surface area contributed by atoms with Crippen molar-refractivity contribution in [3.05, 3.63) is 194 Å². The zero-order valence-corrected chi connectivity index (χ0v) is 26.5. The number of fused-ring (bicyclic) bond motifs is 3. The van der Waals surface area contributed by atoms with Crippen LogP contribution in [0.5, 0.6) is 0 Å². The largest absolute Gasteiger partial charge is 0.0622 e. The minimum atomic E-state index is 1.21. The number of benzene rings is 9. The first-order chi connectivity index (χ1) is 23.8. The van der Waals surface area contributed by atoms with Crippen molar-refractivity contribution in [2.45, 2.75) is 0 Å². The summed E-state index contributed by atoms with van der Waals surface area (Å²) in [5.41, 5.74) is 12.4. The lowest BCUT2D eigenvalue weighted by molar-refractivity contribution is 1.59. The monoisotopic (exact) mass is 608 g/mol. The molecule has 0 spiro atoms. The molecule has 0 aliphatic heterocycles. The Morgan fingerprint density at radius 3 is 1.23 bits per heavy atom. The minimum Gasteiger partial charge on any atom is -0.0622 e. The number of hydrogen-bond acceptors (Lipinski definition) is 0. The summed E-state index contributed by atoms with van der Waals surface area (Å²) in [7, 11) is 0. The van der Waals surface area contributed by atoms with E-state index in [1.165, 1.54) is 88.0 Å². The van der Waals surface area contributed by atoms with Gasteiger partial charge in [0.1, 0.15) is 0 Å². The smallest absolute Gasteiger partial charge is 0.00199 e. The Labute approximate surface area is 281 Å². The van der Waals surface area contributed by atoms with E-state index >= 15 is 0 Å². The van der Waals surface area contributed by atoms with Gasteiger partial charge in [-0.2, -0.15) is 0 Å². The van der Waals surface area contributed by atoms with Crippen molar-refractivity contribution < 1.29 is 0 Å². The van der Waals surface area contributed by atoms with Crippen LogP contribution in [0.15, 0.2) is 194 Å². The average molecular weight is 609 g/mol. The Morgan fingerprint density at radius 2 is 0.625 bits per heavy atom. The quantitative estimate of drug-likeness (QED) is 0.171. The van der Waals surface area contributed by atoms with Crippen LogP contribution in [0.3, 0.4) is 0 Å². The highest BCUT2D eigenvalue weighted by Crippen LogP contribution is 2.48. The molecular weight excluding hydrogens is 577 g/mol. The lowest BCUT2D eigenvalue weighted by Crippen LogP contribution is -1.94. The van der Waals surface area contributed by atoms with Gasteiger partial charge in [0.05, 0.1) is 0 Å². The van der Waals surface area contributed by atoms with Gasteiger partial charge in [-0.15, -0.1) is 0 Å². The van der Waals surface area contributed by atoms with Crippen LogP contribution in [0.1, 0.15) is 0 Å². The van der Waals surface area contributed by atoms with E-state index in [1.54, 1.807) is 0 Å². The van der Waals surface area contributed by atoms with Gasteiger partial charge in [0.15, 0.2) is 0 Å². The molecule has 0 nitrogen and oxygen atoms in total. The maximum Gasteiger partial charge on any atom is -0.00199 e. The van der Waals surface area contributed by atoms with Gasteiger partial charge in [-0.25, -0.2) is 0 Å². The topological polar surface area (TPSA) is 0 Å². The first-order valence-corrected chi connectivity index (χ1v) is 16.6. The van der Waals surface area contributed by atoms with Gasteiger partial charge in [-0.3, -0.25) is 0 Å². The highest BCUT2D eigenvalue weighted by atomic mass is 14.2. The molecule has 0 aliphatic carbocycles. The summed E-state index contributed by atoms with van der Waals surface area (Å²) >= 11 is 0. The van der Waals surface area contributed by atoms with E-state index in [1.807, 2.05) is 0 Å². The molecule has 9 aromatic carbocycles. The van der Waals surface area contributed by atoms with Crippen LogP contribution in [0.4, 0.5) is 0 Å². The van der Waals surface area contributed by atoms with Crippen LogP contribution < -0.4 is 0 Å². The molecule has 0 fully saturated rings. The first-order valence-electron chi connectivity index (χ1n) is 16.6. The Morgan fingerprint density at radius 1 is 0.208 bits per heavy atom. The molecule has 0 N–H and O–H groups in total. The van der Waals surface area contributed by atoms with Crippen LogP contribution in [0.2, 0.25) is 0 Å². The van der Waals surface area contributed by atoms with Crippen molar-refractivity contribution >= 4 is 32.3 Å². The summed E-state index contributed by atoms with van der Waals surface area (Å²) in [6.07, 6.45) is 0. The molecule has 0 unspecified atom stereocenters. The van der Waals surface area contributed by atoms with E-state index in [2.05, 4.69) is 194 Å². The molecule has 0 saturated heterocycles. The molecule has 9 aromatic rings. The molecular formula is C48H32. The fraction of sp³-hybridized carbons (Fsp3) is 0. The van der Waals surface area contributed by atoms with E-state index in [0.29, 0.717) is 0 Å². The predicted octanol–water partition coefficient (Wildman–Crippen LogP) is 13.5. The molecule has 224 valence electrons. The second-order valence-electron chi connectivity index (χ2n) is 12.4. The van der Waals surface area contributed by atoms with Crippen molar-refractivity contribution in [3.8, 4) is 55.6 Å². The van der Waals surface area contributed by atoms with Crippen molar-refractivity contribution in [3.63, 3.8) is 0 Å². The maximum atomic E-state index is 2.43. The van der Waals surface area contributed by atoms with Crippen molar-refractivity contribution in [1.82, 2.24) is 0 Å². The first kappa shape index (κ1) is 28.0. The van der Waals surface area contributed by atoms with E-state index in [-0.39, 0.29) is 0 Å². The van der Waals surface area contributed by atoms with Gasteiger partial charge in [0.2, 0.25) is 0 Å². The zero-order chi connectivity index (χ0) is 31.9. The average Bonchev–Trinajstić information content (AvgIpc) is 3.17. The summed E-state index contributed by atoms with van der Waals surface area (Å²) in [6, 6.07) is 70.8. The third kappa shape index (κ3) is 4.78. The Hall–Kier alpha value is -6.24. The van der Waals surface area contributed by atoms with Crippen LogP contribution in [0, 0.1) is 0 Å². The summed E-state index contributed by atoms with van der Waals surface area (Å²) in [5, 5.41) is 7.51. The minimum absolute atomic E-state index is 1.21. The third-order valence-electron chi connectivity index (χ3n) is 9.67. The molecule has 0 atom stereocenters. The molecule has 48 heavy (non-hydrogen) atoms. The Balaban J connectivity index is 1.41. The molecule has 0 radical (unpaired) electrons. The maximum absolute atomic E-state index is 2.43. The summed E-state index contributed by atoms with van der Waals surface area (Å²) in [4.78, 5) is 0. The van der Waals surface area contributed by atoms with Crippen LogP contribution >= 0.6 is 0 Å². The lowest BCUT2D eigenvalue weighted by Gasteiger charge is -2.22. The van der Waals surface area contributed by atoms with E-state index in [9.17, 15) is 0 Å². The van der Waals surface area contributed by atoms with Crippen molar-refractivity contribution in [2.24, 2.45) is 0 Å². The highest BCUT2D eigenvalue weighted by molar-refractivity contribution is 6.24. The molecule has 9 rings (SSSR count). The van der Waals surface area contributed by atoms with Gasteiger partial charge in [0.25, 0.3) is 0 Å². The van der Waals surface area contributed by atoms with Crippen LogP contribution in [0.25, 0.3) is 88.0 Å². The normalized spacial score (nSPS) is 11.3. The lowest BCUT2D eigenvalue weighted by atomic mass is 9.81. The second kappa shape index (κ2) is 11.8. The third-order valence-corrected chi connectivity index (χ3v) is 9.67. The molecule has 0 bridgehead atoms. The van der Waals surface area contributed by atoms with Gasteiger partial charge >= 0.3 is 0 Å². The summed E-state index contributed by atoms with van der Waals surface area (Å²) in [6.45, 7) is 0. The Kier molecular flexibility index (Phi) is 6.91. The van der Waals surface area contributed by atoms with E-state index < -0.39 is 0 Å². The SMILES string of the molecule is c1ccc(-c2ccccc2-c2c3ccccc3c(-c3ccccc3-c3ccccc3)c3cc(-c4ccc5ccccc5c4)ccc23)cc1. The fourth-order valence-corrected chi connectivity index (χ4v) is 7.45. The van der Waals surface area contributed by atoms with Gasteiger partial charge in [0, 0.05) is 0 Å². The van der Waals surface area contributed by atoms with E-state index in [0.717, 1.165) is 0 Å². The van der Waals surface area contributed by atoms with Gasteiger partial charge in [-0.1, -0.05) is 182 Å². The van der Waals surface area contributed by atoms with Crippen LogP contribution in [-0.2, 0) is 0 Å². The summed E-state index contributed by atoms with van der Waals surface area (Å²) < 4.78 is 0. The van der Waals surface area contributed by atoms with E-state index in [4.69, 9.17) is 0 Å². The predicted molar refractivity (Wildman–Crippen MR) is 206 cm³/mol. The second-order valence-corrected chi connectivity index (χ2v) is 12.4. The highest BCUT2D eigenvalue weighted by Gasteiger charge is 2.21. The molecule has 0 aliphatic rings. The van der Waals surface area contributed by atoms with Gasteiger partial charge < -0.3 is 0 Å². The number of rotatable bonds is 5. The Bertz CT molecular complexity index is 2590. The van der Waals surface area contributed by atoms with Crippen molar-refractivity contribution in [1.29, 1.82) is 0 Å². The molecule has 0 saturated carbocycles. The fourth-order valence-electron chi connectivity index (χ4n) is 7.45. The van der Waals surface area contributed by atoms with Crippen LogP contribution in [-0.4, -0.2) is 0 Å². The molecule has 0 heterocycles. The van der Waals surface area contributed by atoms with Gasteiger partial charge in [-0.05, 0) is 100 Å². The summed E-state index contributed by atoms with van der Waals surface area (Å²) in [5.74, 6) is 0. The number of hydrogen-bond donors (Lipinski definition) is 0. The van der Waals surface area contributed by atoms with Crippen molar-refractivity contribution in [2.75, 3.05) is 0 Å². The standard InChI is InChI=1S/C48H32/c1-3-16-34(17-4-1)39-21-9-11-23-41(39)47-43-25-13-14-26-44(43)48(42-24-12-10-22-40(42)35-18-5-2-6-19-35)46-32-38(29-30-45(46)47)37-28-27-33-15-7-8-20-36(33)31-37/h1-32H. The zero-order valence-electron chi connectivity index (χ0n) is 26.5. The molecule has 0 aromatic heterocycles. The molecule has 0 heteroatoms.